The lowest BCUT2D eigenvalue weighted by molar-refractivity contribution is -0.201. The van der Waals surface area contributed by atoms with Gasteiger partial charge in [0.25, 0.3) is 11.8 Å². The fraction of sp³-hybridized carbons (Fsp3) is 0.464. The zero-order valence-electron chi connectivity index (χ0n) is 25.7. The number of halogens is 3. The molecule has 0 unspecified atom stereocenters. The fourth-order valence-electron chi connectivity index (χ4n) is 5.88. The smallest absolute Gasteiger partial charge is 0.481 e. The summed E-state index contributed by atoms with van der Waals surface area (Å²) in [4.78, 5) is 95.0. The molecule has 4 aliphatic heterocycles. The normalized spacial score (nSPS) is 22.4. The van der Waals surface area contributed by atoms with Crippen molar-refractivity contribution in [3.63, 3.8) is 0 Å². The number of nitrogens with two attached hydrogens (primary N) is 1. The predicted molar refractivity (Wildman–Crippen MR) is 165 cm³/mol. The number of oxime groups is 1. The van der Waals surface area contributed by atoms with Crippen LogP contribution in [-0.4, -0.2) is 126 Å². The molecule has 0 spiro atoms. The number of alkyl halides is 3. The monoisotopic (exact) mass is 743 g/mol. The second-order valence-electron chi connectivity index (χ2n) is 11.4. The van der Waals surface area contributed by atoms with Gasteiger partial charge in [-0.05, 0) is 30.9 Å². The number of hydrogen-bond acceptors (Lipinski definition) is 14. The Morgan fingerprint density at radius 1 is 1.14 bits per heavy atom. The van der Waals surface area contributed by atoms with Crippen molar-refractivity contribution in [1.82, 2.24) is 25.0 Å². The van der Waals surface area contributed by atoms with E-state index in [9.17, 15) is 51.9 Å². The maximum atomic E-state index is 13.5. The van der Waals surface area contributed by atoms with Gasteiger partial charge in [-0.2, -0.15) is 13.2 Å². The molecule has 22 heteroatoms. The Morgan fingerprint density at radius 3 is 2.44 bits per heavy atom. The molecule has 0 aliphatic carbocycles. The number of anilines is 1. The number of amides is 4. The number of nitrogens with zero attached hydrogens (tertiary/aromatic N) is 5. The van der Waals surface area contributed by atoms with Crippen LogP contribution in [0.3, 0.4) is 0 Å². The number of thiazole rings is 1. The largest absolute Gasteiger partial charge is 0.491 e. The first kappa shape index (κ1) is 36.3. The molecule has 0 aromatic carbocycles. The van der Waals surface area contributed by atoms with Crippen molar-refractivity contribution in [2.24, 2.45) is 5.16 Å². The van der Waals surface area contributed by atoms with Crippen molar-refractivity contribution in [2.75, 3.05) is 31.1 Å². The standard InChI is InChI=1S/C28H28F3N7O10S2/c29-28(30,31)26(46)48-25(45)20-13(9-12-3-8-37(22(12)43)14-4-6-36(7-5-14)16(39)1-2-17(40)41)10-49-24-19(23(44)38(20)24)34-21(42)18(35-47)15-11-50-27(32)33-15/h9,11,14,19,24,47H,1-8,10H2,(H2,32,33)(H,34,42)(H,40,41)/b12-9?,35-18-/t19-,24-/m1/s1. The average Bonchev–Trinajstić information content (AvgIpc) is 3.66. The van der Waals surface area contributed by atoms with E-state index < -0.39 is 64.6 Å². The molecule has 2 atom stereocenters. The number of carboxylic acids is 1. The van der Waals surface area contributed by atoms with Crippen LogP contribution in [0.2, 0.25) is 0 Å². The molecule has 268 valence electrons. The Morgan fingerprint density at radius 2 is 1.84 bits per heavy atom. The van der Waals surface area contributed by atoms with E-state index in [1.165, 1.54) is 16.4 Å². The number of carboxylic acid groups (broad SMARTS) is 1. The molecule has 1 aromatic heterocycles. The molecule has 0 bridgehead atoms. The van der Waals surface area contributed by atoms with Crippen LogP contribution in [0.25, 0.3) is 0 Å². The van der Waals surface area contributed by atoms with Crippen LogP contribution in [0.1, 0.15) is 37.8 Å². The molecule has 5 rings (SSSR count). The van der Waals surface area contributed by atoms with E-state index in [4.69, 9.17) is 10.8 Å². The second-order valence-corrected chi connectivity index (χ2v) is 13.3. The predicted octanol–water partition coefficient (Wildman–Crippen LogP) is 0.204. The SMILES string of the molecule is Nc1nc(/C(=N/O)C(=O)N[C@@H]2C(=O)N3C(C(=O)OC(=O)C(F)(F)F)=C(C=C4CCN(C5CCN(C(=O)CCC(=O)O)CC5)C4=O)CS[C@H]23)cs1. The molecular weight excluding hydrogens is 715 g/mol. The van der Waals surface area contributed by atoms with Gasteiger partial charge in [-0.25, -0.2) is 14.6 Å². The zero-order valence-corrected chi connectivity index (χ0v) is 27.3. The lowest BCUT2D eigenvalue weighted by Crippen LogP contribution is -2.71. The number of nitrogen functional groups attached to an aromatic ring is 1. The van der Waals surface area contributed by atoms with Gasteiger partial charge in [0.1, 0.15) is 22.8 Å². The first-order chi connectivity index (χ1) is 23.6. The third-order valence-electron chi connectivity index (χ3n) is 8.29. The number of esters is 2. The van der Waals surface area contributed by atoms with Crippen molar-refractivity contribution in [3.8, 4) is 0 Å². The molecule has 1 aromatic rings. The molecule has 5 heterocycles. The molecular formula is C28H28F3N7O10S2. The number of fused-ring (bicyclic) bond motifs is 1. The molecule has 4 amide bonds. The molecule has 3 fully saturated rings. The molecule has 4 aliphatic rings. The average molecular weight is 744 g/mol. The van der Waals surface area contributed by atoms with E-state index >= 15 is 0 Å². The summed E-state index contributed by atoms with van der Waals surface area (Å²) < 4.78 is 43.1. The van der Waals surface area contributed by atoms with Crippen molar-refractivity contribution in [3.05, 3.63) is 34.0 Å². The van der Waals surface area contributed by atoms with Gasteiger partial charge in [-0.15, -0.1) is 23.1 Å². The van der Waals surface area contributed by atoms with Gasteiger partial charge < -0.3 is 35.9 Å². The summed E-state index contributed by atoms with van der Waals surface area (Å²) in [6, 6.07) is -1.61. The highest BCUT2D eigenvalue weighted by atomic mass is 32.2. The zero-order chi connectivity index (χ0) is 36.5. The van der Waals surface area contributed by atoms with Crippen LogP contribution < -0.4 is 11.1 Å². The number of aromatic nitrogens is 1. The number of rotatable bonds is 9. The van der Waals surface area contributed by atoms with Crippen LogP contribution in [-0.2, 0) is 38.3 Å². The quantitative estimate of drug-likeness (QED) is 0.0504. The number of thioether (sulfide) groups is 1. The van der Waals surface area contributed by atoms with E-state index in [1.807, 2.05) is 0 Å². The van der Waals surface area contributed by atoms with Gasteiger partial charge in [0.2, 0.25) is 11.8 Å². The Hall–Kier alpha value is -4.99. The number of carbonyl (C=O) groups is 7. The molecule has 0 saturated carbocycles. The lowest BCUT2D eigenvalue weighted by atomic mass is 10.0. The highest BCUT2D eigenvalue weighted by Crippen LogP contribution is 2.42. The maximum absolute atomic E-state index is 13.5. The van der Waals surface area contributed by atoms with Gasteiger partial charge in [0.05, 0.1) is 6.42 Å². The van der Waals surface area contributed by atoms with Crippen LogP contribution in [0.4, 0.5) is 18.3 Å². The summed E-state index contributed by atoms with van der Waals surface area (Å²) in [5.41, 5.74) is 4.28. The van der Waals surface area contributed by atoms with E-state index in [0.29, 0.717) is 25.9 Å². The van der Waals surface area contributed by atoms with Gasteiger partial charge in [-0.3, -0.25) is 28.9 Å². The van der Waals surface area contributed by atoms with Crippen LogP contribution >= 0.6 is 23.1 Å². The molecule has 3 saturated heterocycles. The number of ether oxygens (including phenoxy) is 1. The minimum Gasteiger partial charge on any atom is -0.481 e. The Kier molecular flexibility index (Phi) is 10.5. The maximum Gasteiger partial charge on any atom is 0.491 e. The third-order valence-corrected chi connectivity index (χ3v) is 10.3. The summed E-state index contributed by atoms with van der Waals surface area (Å²) in [7, 11) is 0. The third kappa shape index (κ3) is 7.44. The number of aliphatic carboxylic acids is 1. The van der Waals surface area contributed by atoms with Crippen molar-refractivity contribution < 1.29 is 61.8 Å². The highest BCUT2D eigenvalue weighted by Gasteiger charge is 2.55. The van der Waals surface area contributed by atoms with Gasteiger partial charge in [0, 0.05) is 48.8 Å². The number of allylic oxidation sites excluding steroid dienone is 1. The Bertz CT molecular complexity index is 1740. The van der Waals surface area contributed by atoms with Gasteiger partial charge >= 0.3 is 24.1 Å². The van der Waals surface area contributed by atoms with Crippen LogP contribution in [0, 0.1) is 0 Å². The minimum atomic E-state index is -5.54. The second kappa shape index (κ2) is 14.5. The van der Waals surface area contributed by atoms with E-state index in [-0.39, 0.29) is 65.5 Å². The number of β-lactam (4-membered cyclic amide) rings is 1. The van der Waals surface area contributed by atoms with E-state index in [2.05, 4.69) is 20.2 Å². The summed E-state index contributed by atoms with van der Waals surface area (Å²) in [5, 5.41) is 23.8. The summed E-state index contributed by atoms with van der Waals surface area (Å²) in [6.45, 7) is 0.862. The Labute approximate surface area is 287 Å². The number of hydrogen-bond donors (Lipinski definition) is 4. The molecule has 5 N–H and O–H groups in total. The van der Waals surface area contributed by atoms with E-state index in [1.54, 1.807) is 4.90 Å². The summed E-state index contributed by atoms with van der Waals surface area (Å²) >= 11 is 1.94. The summed E-state index contributed by atoms with van der Waals surface area (Å²) in [6.07, 6.45) is -3.69. The summed E-state index contributed by atoms with van der Waals surface area (Å²) in [5.74, 6) is -8.60. The topological polar surface area (TPSA) is 242 Å². The Balaban J connectivity index is 1.33. The fourth-order valence-corrected chi connectivity index (χ4v) is 7.73. The van der Waals surface area contributed by atoms with Gasteiger partial charge in [0.15, 0.2) is 10.8 Å². The lowest BCUT2D eigenvalue weighted by Gasteiger charge is -2.49. The first-order valence-electron chi connectivity index (χ1n) is 14.9. The number of piperidine rings is 1. The number of nitrogens with one attached hydrogen (secondary N) is 1. The molecule has 17 nitrogen and oxygen atoms in total. The van der Waals surface area contributed by atoms with E-state index in [0.717, 1.165) is 28.0 Å². The van der Waals surface area contributed by atoms with Crippen molar-refractivity contribution in [2.45, 2.75) is 55.7 Å². The van der Waals surface area contributed by atoms with Crippen molar-refractivity contribution in [1.29, 1.82) is 0 Å². The first-order valence-corrected chi connectivity index (χ1v) is 16.8. The van der Waals surface area contributed by atoms with Crippen LogP contribution in [0.15, 0.2) is 33.5 Å². The number of likely N-dealkylation sites (tertiary alicyclic amines) is 2. The minimum absolute atomic E-state index is 0.0572. The number of carbonyl (C=O) groups excluding carboxylic acids is 6. The molecule has 50 heavy (non-hydrogen) atoms. The highest BCUT2D eigenvalue weighted by molar-refractivity contribution is 8.00. The van der Waals surface area contributed by atoms with Crippen molar-refractivity contribution >= 4 is 75.5 Å². The van der Waals surface area contributed by atoms with Gasteiger partial charge in [-0.1, -0.05) is 5.16 Å². The molecule has 0 radical (unpaired) electrons. The van der Waals surface area contributed by atoms with Crippen LogP contribution in [0.5, 0.6) is 0 Å².